The van der Waals surface area contributed by atoms with E-state index in [1.165, 1.54) is 11.1 Å². The highest BCUT2D eigenvalue weighted by molar-refractivity contribution is 6.09. The molecule has 1 aromatic rings. The van der Waals surface area contributed by atoms with Crippen LogP contribution in [0.2, 0.25) is 0 Å². The summed E-state index contributed by atoms with van der Waals surface area (Å²) in [6.07, 6.45) is 3.09. The summed E-state index contributed by atoms with van der Waals surface area (Å²) in [5.41, 5.74) is 26.2. The van der Waals surface area contributed by atoms with Gasteiger partial charge in [0.15, 0.2) is 0 Å². The number of fused-ring (bicyclic) bond motifs is 1. The molecule has 7 nitrogen and oxygen atoms in total. The van der Waals surface area contributed by atoms with Crippen LogP contribution in [0.1, 0.15) is 11.1 Å². The summed E-state index contributed by atoms with van der Waals surface area (Å²) in [7, 11) is 1.67. The largest absolute Gasteiger partial charge is 0.404 e. The minimum Gasteiger partial charge on any atom is -0.404 e. The summed E-state index contributed by atoms with van der Waals surface area (Å²) in [6.45, 7) is 0. The highest BCUT2D eigenvalue weighted by atomic mass is 16.2. The van der Waals surface area contributed by atoms with E-state index in [4.69, 9.17) is 22.9 Å². The summed E-state index contributed by atoms with van der Waals surface area (Å²) in [6, 6.07) is 4.59. The predicted molar refractivity (Wildman–Crippen MR) is 84.7 cm³/mol. The van der Waals surface area contributed by atoms with E-state index in [-0.39, 0.29) is 6.04 Å². The van der Waals surface area contributed by atoms with E-state index in [2.05, 4.69) is 4.99 Å². The third-order valence-electron chi connectivity index (χ3n) is 3.55. The van der Waals surface area contributed by atoms with E-state index in [1.54, 1.807) is 19.3 Å². The molecule has 0 radical (unpaired) electrons. The Hall–Kier alpha value is -2.38. The molecule has 1 aliphatic rings. The molecule has 1 aromatic carbocycles. The van der Waals surface area contributed by atoms with Crippen molar-refractivity contribution in [3.63, 3.8) is 0 Å². The maximum absolute atomic E-state index is 11.6. The van der Waals surface area contributed by atoms with E-state index in [1.807, 2.05) is 12.1 Å². The van der Waals surface area contributed by atoms with Crippen molar-refractivity contribution >= 4 is 23.5 Å². The molecule has 8 N–H and O–H groups in total. The van der Waals surface area contributed by atoms with Crippen molar-refractivity contribution in [3.05, 3.63) is 35.5 Å². The number of aliphatic imine (C=N–C) groups is 1. The minimum absolute atomic E-state index is 0.370. The molecular weight excluding hydrogens is 268 g/mol. The molecule has 21 heavy (non-hydrogen) atoms. The number of primary amides is 1. The average molecular weight is 288 g/mol. The summed E-state index contributed by atoms with van der Waals surface area (Å²) in [5, 5.41) is 0. The second-order valence-electron chi connectivity index (χ2n) is 4.92. The first-order valence-electron chi connectivity index (χ1n) is 6.56. The number of benzene rings is 1. The van der Waals surface area contributed by atoms with Gasteiger partial charge in [0.25, 0.3) is 0 Å². The van der Waals surface area contributed by atoms with Gasteiger partial charge in [-0.1, -0.05) is 6.07 Å². The van der Waals surface area contributed by atoms with E-state index in [0.29, 0.717) is 12.1 Å². The summed E-state index contributed by atoms with van der Waals surface area (Å²) < 4.78 is 0. The standard InChI is InChI=1S/C14H20N6O/c1-19-7-10(6-15)8-2-3-12-9(4-8)5-11(16)13(17)20(12)14(18)21/h2-4,6-7,11,13H,5,15-17H2,1H3,(H2,18,21)/b10-6+,19-7?. The molecular formula is C14H20N6O. The molecule has 7 heteroatoms. The highest BCUT2D eigenvalue weighted by Gasteiger charge is 2.32. The fourth-order valence-corrected chi connectivity index (χ4v) is 2.51. The Balaban J connectivity index is 2.50. The number of amides is 2. The van der Waals surface area contributed by atoms with E-state index >= 15 is 0 Å². The van der Waals surface area contributed by atoms with Crippen LogP contribution in [0.5, 0.6) is 0 Å². The smallest absolute Gasteiger partial charge is 0.320 e. The number of rotatable bonds is 2. The molecule has 0 aromatic heterocycles. The summed E-state index contributed by atoms with van der Waals surface area (Å²) >= 11 is 0. The van der Waals surface area contributed by atoms with Crippen molar-refractivity contribution in [3.8, 4) is 0 Å². The Morgan fingerprint density at radius 3 is 2.71 bits per heavy atom. The van der Waals surface area contributed by atoms with Crippen LogP contribution in [-0.4, -0.2) is 31.5 Å². The molecule has 0 spiro atoms. The maximum atomic E-state index is 11.6. The minimum atomic E-state index is -0.623. The number of carbonyl (C=O) groups excluding carboxylic acids is 1. The van der Waals surface area contributed by atoms with Gasteiger partial charge in [-0.15, -0.1) is 0 Å². The number of carbonyl (C=O) groups is 1. The predicted octanol–water partition coefficient (Wildman–Crippen LogP) is -0.260. The van der Waals surface area contributed by atoms with Gasteiger partial charge in [0.2, 0.25) is 0 Å². The number of anilines is 1. The third kappa shape index (κ3) is 2.74. The second kappa shape index (κ2) is 5.94. The molecule has 0 fully saturated rings. The number of hydrogen-bond donors (Lipinski definition) is 4. The number of nitrogens with two attached hydrogens (primary N) is 4. The molecule has 0 bridgehead atoms. The number of allylic oxidation sites excluding steroid dienone is 1. The van der Waals surface area contributed by atoms with Gasteiger partial charge in [-0.2, -0.15) is 0 Å². The quantitative estimate of drug-likeness (QED) is 0.557. The fourth-order valence-electron chi connectivity index (χ4n) is 2.51. The first-order chi connectivity index (χ1) is 9.99. The maximum Gasteiger partial charge on any atom is 0.320 e. The molecule has 0 aliphatic carbocycles. The normalized spacial score (nSPS) is 22.4. The van der Waals surface area contributed by atoms with Gasteiger partial charge in [0.1, 0.15) is 6.17 Å². The Morgan fingerprint density at radius 2 is 2.14 bits per heavy atom. The lowest BCUT2D eigenvalue weighted by molar-refractivity contribution is 0.249. The molecule has 1 heterocycles. The Morgan fingerprint density at radius 1 is 1.43 bits per heavy atom. The van der Waals surface area contributed by atoms with Crippen molar-refractivity contribution in [1.82, 2.24) is 0 Å². The van der Waals surface area contributed by atoms with Crippen LogP contribution in [0.4, 0.5) is 10.5 Å². The second-order valence-corrected chi connectivity index (χ2v) is 4.92. The summed E-state index contributed by atoms with van der Waals surface area (Å²) in [4.78, 5) is 16.9. The molecule has 112 valence electrons. The molecule has 2 rings (SSSR count). The monoisotopic (exact) mass is 288 g/mol. The van der Waals surface area contributed by atoms with Crippen LogP contribution >= 0.6 is 0 Å². The van der Waals surface area contributed by atoms with Gasteiger partial charge < -0.3 is 22.9 Å². The van der Waals surface area contributed by atoms with E-state index in [9.17, 15) is 4.79 Å². The van der Waals surface area contributed by atoms with Crippen molar-refractivity contribution in [1.29, 1.82) is 0 Å². The van der Waals surface area contributed by atoms with Crippen molar-refractivity contribution in [2.24, 2.45) is 27.9 Å². The van der Waals surface area contributed by atoms with Crippen LogP contribution in [-0.2, 0) is 6.42 Å². The van der Waals surface area contributed by atoms with Crippen LogP contribution in [0.15, 0.2) is 29.4 Å². The first kappa shape index (κ1) is 15.0. The molecule has 0 saturated carbocycles. The zero-order valence-corrected chi connectivity index (χ0v) is 11.9. The average Bonchev–Trinajstić information content (AvgIpc) is 2.45. The van der Waals surface area contributed by atoms with Gasteiger partial charge in [-0.05, 0) is 29.7 Å². The zero-order valence-electron chi connectivity index (χ0n) is 11.9. The van der Waals surface area contributed by atoms with Gasteiger partial charge in [0, 0.05) is 31.1 Å². The van der Waals surface area contributed by atoms with Crippen LogP contribution in [0.25, 0.3) is 5.57 Å². The van der Waals surface area contributed by atoms with Gasteiger partial charge in [-0.3, -0.25) is 9.89 Å². The lowest BCUT2D eigenvalue weighted by Crippen LogP contribution is -2.60. The SMILES string of the molecule is CN=C/C(=C\N)c1ccc2c(c1)CC(N)C(N)N2C(N)=O. The molecule has 2 amide bonds. The van der Waals surface area contributed by atoms with E-state index < -0.39 is 12.2 Å². The van der Waals surface area contributed by atoms with Crippen molar-refractivity contribution in [2.45, 2.75) is 18.6 Å². The molecule has 2 atom stereocenters. The number of nitrogens with zero attached hydrogens (tertiary/aromatic N) is 2. The molecule has 0 saturated heterocycles. The number of urea groups is 1. The van der Waals surface area contributed by atoms with Crippen molar-refractivity contribution < 1.29 is 4.79 Å². The lowest BCUT2D eigenvalue weighted by atomic mass is 9.93. The molecule has 2 unspecified atom stereocenters. The van der Waals surface area contributed by atoms with Crippen molar-refractivity contribution in [2.75, 3.05) is 11.9 Å². The Bertz CT molecular complexity index is 609. The Kier molecular flexibility index (Phi) is 4.25. The fraction of sp³-hybridized carbons (Fsp3) is 0.286. The van der Waals surface area contributed by atoms with Gasteiger partial charge in [-0.25, -0.2) is 4.79 Å². The highest BCUT2D eigenvalue weighted by Crippen LogP contribution is 2.31. The Labute approximate surface area is 123 Å². The lowest BCUT2D eigenvalue weighted by Gasteiger charge is -2.37. The molecule has 1 aliphatic heterocycles. The van der Waals surface area contributed by atoms with Crippen LogP contribution < -0.4 is 27.8 Å². The topological polar surface area (TPSA) is 137 Å². The summed E-state index contributed by atoms with van der Waals surface area (Å²) in [5.74, 6) is 0. The van der Waals surface area contributed by atoms with Crippen LogP contribution in [0.3, 0.4) is 0 Å². The first-order valence-corrected chi connectivity index (χ1v) is 6.56. The van der Waals surface area contributed by atoms with E-state index in [0.717, 1.165) is 16.7 Å². The van der Waals surface area contributed by atoms with Gasteiger partial charge >= 0.3 is 6.03 Å². The van der Waals surface area contributed by atoms with Crippen LogP contribution in [0, 0.1) is 0 Å². The van der Waals surface area contributed by atoms with Gasteiger partial charge in [0.05, 0.1) is 5.69 Å². The zero-order chi connectivity index (χ0) is 15.6. The third-order valence-corrected chi connectivity index (χ3v) is 3.55. The number of hydrogen-bond acceptors (Lipinski definition) is 5.